The second kappa shape index (κ2) is 5.18. The molecule has 0 aliphatic heterocycles. The fourth-order valence-corrected chi connectivity index (χ4v) is 2.58. The normalized spacial score (nSPS) is 11.8. The van der Waals surface area contributed by atoms with Gasteiger partial charge in [0.05, 0.1) is 10.6 Å². The van der Waals surface area contributed by atoms with Crippen molar-refractivity contribution in [2.75, 3.05) is 4.72 Å². The zero-order valence-electron chi connectivity index (χ0n) is 10.3. The molecule has 6 nitrogen and oxygen atoms in total. The molecule has 0 atom stereocenters. The molecule has 0 bridgehead atoms. The summed E-state index contributed by atoms with van der Waals surface area (Å²) >= 11 is 5.66. The molecule has 2 rings (SSSR count). The molecule has 102 valence electrons. The molecular weight excluding hydrogens is 290 g/mol. The summed E-state index contributed by atoms with van der Waals surface area (Å²) in [5, 5.41) is 3.87. The number of aromatic nitrogens is 2. The number of halogens is 1. The zero-order valence-corrected chi connectivity index (χ0v) is 11.9. The number of sulfonamides is 1. The molecule has 2 aromatic heterocycles. The van der Waals surface area contributed by atoms with Gasteiger partial charge in [0.1, 0.15) is 5.15 Å². The first-order valence-corrected chi connectivity index (χ1v) is 7.35. The molecule has 0 radical (unpaired) electrons. The van der Waals surface area contributed by atoms with E-state index in [2.05, 4.69) is 14.9 Å². The summed E-state index contributed by atoms with van der Waals surface area (Å²) < 4.78 is 31.3. The maximum absolute atomic E-state index is 12.0. The van der Waals surface area contributed by atoms with Crippen molar-refractivity contribution in [2.24, 2.45) is 0 Å². The maximum atomic E-state index is 12.0. The predicted octanol–water partition coefficient (Wildman–Crippen LogP) is 2.65. The third kappa shape index (κ3) is 3.24. The highest BCUT2D eigenvalue weighted by atomic mass is 35.5. The van der Waals surface area contributed by atoms with Crippen LogP contribution < -0.4 is 4.72 Å². The van der Waals surface area contributed by atoms with Crippen molar-refractivity contribution in [3.05, 3.63) is 35.2 Å². The van der Waals surface area contributed by atoms with E-state index in [0.717, 1.165) is 0 Å². The Morgan fingerprint density at radius 3 is 2.68 bits per heavy atom. The van der Waals surface area contributed by atoms with Crippen molar-refractivity contribution in [3.8, 4) is 0 Å². The molecule has 19 heavy (non-hydrogen) atoms. The fraction of sp³-hybridized carbons (Fsp3) is 0.273. The molecule has 2 heterocycles. The van der Waals surface area contributed by atoms with Crippen LogP contribution in [0.5, 0.6) is 0 Å². The lowest BCUT2D eigenvalue weighted by atomic mass is 10.1. The Labute approximate surface area is 115 Å². The predicted molar refractivity (Wildman–Crippen MR) is 70.6 cm³/mol. The summed E-state index contributed by atoms with van der Waals surface area (Å²) in [7, 11) is -3.76. The van der Waals surface area contributed by atoms with Crippen LogP contribution in [0.4, 0.5) is 5.88 Å². The van der Waals surface area contributed by atoms with Gasteiger partial charge in [0.25, 0.3) is 10.0 Å². The quantitative estimate of drug-likeness (QED) is 0.877. The lowest BCUT2D eigenvalue weighted by Gasteiger charge is -2.04. The first kappa shape index (κ1) is 13.8. The Kier molecular flexibility index (Phi) is 3.77. The van der Waals surface area contributed by atoms with Gasteiger partial charge in [0, 0.05) is 12.3 Å². The number of pyridine rings is 1. The molecule has 0 aromatic carbocycles. The van der Waals surface area contributed by atoms with Gasteiger partial charge >= 0.3 is 0 Å². The minimum absolute atomic E-state index is 0.00926. The van der Waals surface area contributed by atoms with Gasteiger partial charge < -0.3 is 4.52 Å². The van der Waals surface area contributed by atoms with E-state index >= 15 is 0 Å². The summed E-state index contributed by atoms with van der Waals surface area (Å²) in [5.41, 5.74) is 0.672. The van der Waals surface area contributed by atoms with Gasteiger partial charge in [-0.1, -0.05) is 30.6 Å². The van der Waals surface area contributed by atoms with Crippen LogP contribution in [0.25, 0.3) is 0 Å². The molecule has 0 aliphatic rings. The van der Waals surface area contributed by atoms with Gasteiger partial charge in [-0.25, -0.2) is 18.1 Å². The Hall–Kier alpha value is -1.60. The van der Waals surface area contributed by atoms with Crippen LogP contribution in [0, 0.1) is 0 Å². The van der Waals surface area contributed by atoms with Gasteiger partial charge in [0.15, 0.2) is 0 Å². The lowest BCUT2D eigenvalue weighted by molar-refractivity contribution is 0.423. The van der Waals surface area contributed by atoms with Crippen LogP contribution in [0.15, 0.2) is 33.8 Å². The molecule has 0 amide bonds. The third-order valence-corrected chi connectivity index (χ3v) is 3.91. The van der Waals surface area contributed by atoms with Crippen LogP contribution in [0.1, 0.15) is 25.5 Å². The van der Waals surface area contributed by atoms with Crippen LogP contribution >= 0.6 is 11.6 Å². The minimum atomic E-state index is -3.76. The van der Waals surface area contributed by atoms with Gasteiger partial charge in [-0.2, -0.15) is 0 Å². The maximum Gasteiger partial charge on any atom is 0.264 e. The van der Waals surface area contributed by atoms with E-state index in [-0.39, 0.29) is 21.9 Å². The van der Waals surface area contributed by atoms with E-state index in [1.54, 1.807) is 6.07 Å². The highest BCUT2D eigenvalue weighted by Gasteiger charge is 2.18. The van der Waals surface area contributed by atoms with E-state index in [0.29, 0.717) is 5.69 Å². The molecule has 0 saturated carbocycles. The second-order valence-corrected chi connectivity index (χ2v) is 6.26. The van der Waals surface area contributed by atoms with E-state index in [4.69, 9.17) is 16.1 Å². The van der Waals surface area contributed by atoms with Gasteiger partial charge in [-0.05, 0) is 18.1 Å². The summed E-state index contributed by atoms with van der Waals surface area (Å²) in [5.74, 6) is 0.217. The first-order chi connectivity index (χ1) is 8.88. The zero-order chi connectivity index (χ0) is 14.0. The van der Waals surface area contributed by atoms with Crippen molar-refractivity contribution in [3.63, 3.8) is 0 Å². The molecule has 0 aliphatic carbocycles. The van der Waals surface area contributed by atoms with Crippen LogP contribution in [-0.2, 0) is 10.0 Å². The summed E-state index contributed by atoms with van der Waals surface area (Å²) in [6, 6.07) is 4.14. The number of hydrogen-bond acceptors (Lipinski definition) is 5. The van der Waals surface area contributed by atoms with E-state index in [1.807, 2.05) is 13.8 Å². The molecule has 1 N–H and O–H groups in total. The van der Waals surface area contributed by atoms with E-state index < -0.39 is 10.0 Å². The molecule has 2 aromatic rings. The molecule has 8 heteroatoms. The SMILES string of the molecule is CC(C)c1cc(NS(=O)(=O)c2ccnc(Cl)c2)on1. The van der Waals surface area contributed by atoms with Crippen molar-refractivity contribution in [2.45, 2.75) is 24.7 Å². The lowest BCUT2D eigenvalue weighted by Crippen LogP contribution is -2.12. The monoisotopic (exact) mass is 301 g/mol. The molecular formula is C11H12ClN3O3S. The largest absolute Gasteiger partial charge is 0.338 e. The molecule has 0 unspecified atom stereocenters. The number of hydrogen-bond donors (Lipinski definition) is 1. The molecule has 0 saturated heterocycles. The topological polar surface area (TPSA) is 85.1 Å². The Morgan fingerprint density at radius 2 is 2.11 bits per heavy atom. The average Bonchev–Trinajstić information content (AvgIpc) is 2.77. The van der Waals surface area contributed by atoms with Crippen LogP contribution in [0.3, 0.4) is 0 Å². The molecule has 0 fully saturated rings. The van der Waals surface area contributed by atoms with Gasteiger partial charge in [-0.15, -0.1) is 0 Å². The first-order valence-electron chi connectivity index (χ1n) is 5.49. The number of rotatable bonds is 4. The standard InChI is InChI=1S/C11H12ClN3O3S/c1-7(2)9-6-11(18-14-9)15-19(16,17)8-3-4-13-10(12)5-8/h3-7,15H,1-2H3. The Balaban J connectivity index is 2.26. The average molecular weight is 302 g/mol. The summed E-state index contributed by atoms with van der Waals surface area (Å²) in [4.78, 5) is 3.73. The summed E-state index contributed by atoms with van der Waals surface area (Å²) in [6.45, 7) is 3.86. The van der Waals surface area contributed by atoms with Crippen molar-refractivity contribution in [1.29, 1.82) is 0 Å². The van der Waals surface area contributed by atoms with Crippen LogP contribution in [-0.4, -0.2) is 18.6 Å². The number of anilines is 1. The highest BCUT2D eigenvalue weighted by Crippen LogP contribution is 2.21. The highest BCUT2D eigenvalue weighted by molar-refractivity contribution is 7.92. The number of nitrogens with zero attached hydrogens (tertiary/aromatic N) is 2. The van der Waals surface area contributed by atoms with E-state index in [9.17, 15) is 8.42 Å². The third-order valence-electron chi connectivity index (χ3n) is 2.36. The van der Waals surface area contributed by atoms with Crippen LogP contribution in [0.2, 0.25) is 5.15 Å². The second-order valence-electron chi connectivity index (χ2n) is 4.19. The van der Waals surface area contributed by atoms with Crippen molar-refractivity contribution < 1.29 is 12.9 Å². The van der Waals surface area contributed by atoms with Gasteiger partial charge in [0.2, 0.25) is 5.88 Å². The smallest absolute Gasteiger partial charge is 0.264 e. The fourth-order valence-electron chi connectivity index (χ4n) is 1.35. The summed E-state index contributed by atoms with van der Waals surface area (Å²) in [6.07, 6.45) is 1.32. The minimum Gasteiger partial charge on any atom is -0.338 e. The Morgan fingerprint density at radius 1 is 1.37 bits per heavy atom. The molecule has 0 spiro atoms. The Bertz CT molecular complexity index is 682. The number of nitrogens with one attached hydrogen (secondary N) is 1. The van der Waals surface area contributed by atoms with E-state index in [1.165, 1.54) is 18.3 Å². The van der Waals surface area contributed by atoms with Crippen molar-refractivity contribution >= 4 is 27.5 Å². The van der Waals surface area contributed by atoms with Crippen molar-refractivity contribution in [1.82, 2.24) is 10.1 Å². The van der Waals surface area contributed by atoms with Gasteiger partial charge in [-0.3, -0.25) is 0 Å².